The van der Waals surface area contributed by atoms with Crippen LogP contribution in [0.25, 0.3) is 0 Å². The summed E-state index contributed by atoms with van der Waals surface area (Å²) in [5.41, 5.74) is 1.99. The van der Waals surface area contributed by atoms with Gasteiger partial charge in [0.1, 0.15) is 23.1 Å². The van der Waals surface area contributed by atoms with Crippen molar-refractivity contribution < 1.29 is 14.3 Å². The maximum Gasteiger partial charge on any atom is 0.305 e. The molecule has 0 spiro atoms. The molecular weight excluding hydrogens is 340 g/mol. The Balaban J connectivity index is 1.99. The highest BCUT2D eigenvalue weighted by atomic mass is 35.5. The Labute approximate surface area is 152 Å². The largest absolute Gasteiger partial charge is 0.466 e. The van der Waals surface area contributed by atoms with Crippen molar-refractivity contribution in [3.05, 3.63) is 52.3 Å². The first-order valence-electron chi connectivity index (χ1n) is 8.03. The molecule has 0 bridgehead atoms. The third-order valence-electron chi connectivity index (χ3n) is 3.48. The molecule has 0 amide bonds. The molecule has 1 aromatic carbocycles. The summed E-state index contributed by atoms with van der Waals surface area (Å²) < 4.78 is 10.7. The zero-order valence-corrected chi connectivity index (χ0v) is 15.0. The van der Waals surface area contributed by atoms with Crippen LogP contribution in [0.15, 0.2) is 30.3 Å². The van der Waals surface area contributed by atoms with E-state index in [0.717, 1.165) is 18.4 Å². The Morgan fingerprint density at radius 2 is 2.04 bits per heavy atom. The van der Waals surface area contributed by atoms with Crippen LogP contribution in [-0.4, -0.2) is 17.6 Å². The summed E-state index contributed by atoms with van der Waals surface area (Å²) in [6.45, 7) is 3.99. The van der Waals surface area contributed by atoms with Crippen LogP contribution in [0.1, 0.15) is 36.6 Å². The van der Waals surface area contributed by atoms with Crippen LogP contribution in [0.4, 0.5) is 0 Å². The van der Waals surface area contributed by atoms with Gasteiger partial charge in [-0.25, -0.2) is 4.98 Å². The van der Waals surface area contributed by atoms with Gasteiger partial charge in [-0.15, -0.1) is 0 Å². The number of carbonyl (C=O) groups excluding carboxylic acids is 1. The van der Waals surface area contributed by atoms with Gasteiger partial charge in [-0.2, -0.15) is 5.26 Å². The summed E-state index contributed by atoms with van der Waals surface area (Å²) in [5, 5.41) is 9.33. The van der Waals surface area contributed by atoms with Crippen LogP contribution >= 0.6 is 11.6 Å². The number of nitriles is 1. The number of nitrogens with zero attached hydrogens (tertiary/aromatic N) is 2. The fourth-order valence-electron chi connectivity index (χ4n) is 2.31. The molecule has 25 heavy (non-hydrogen) atoms. The zero-order valence-electron chi connectivity index (χ0n) is 14.2. The minimum Gasteiger partial charge on any atom is -0.466 e. The lowest BCUT2D eigenvalue weighted by Crippen LogP contribution is -2.03. The average Bonchev–Trinajstić information content (AvgIpc) is 2.56. The number of halogens is 1. The first-order chi connectivity index (χ1) is 12.0. The van der Waals surface area contributed by atoms with Crippen LogP contribution in [-0.2, 0) is 16.0 Å². The van der Waals surface area contributed by atoms with Gasteiger partial charge in [0.2, 0.25) is 0 Å². The molecule has 0 aliphatic rings. The molecule has 5 nitrogen and oxygen atoms in total. The number of carbonyl (C=O) groups is 1. The molecule has 0 aliphatic heterocycles. The van der Waals surface area contributed by atoms with Crippen LogP contribution in [0.5, 0.6) is 11.5 Å². The summed E-state index contributed by atoms with van der Waals surface area (Å²) >= 11 is 5.98. The van der Waals surface area contributed by atoms with Crippen molar-refractivity contribution in [1.82, 2.24) is 4.98 Å². The Kier molecular flexibility index (Phi) is 6.79. The highest BCUT2D eigenvalue weighted by Gasteiger charge is 2.12. The molecule has 0 radical (unpaired) electrons. The van der Waals surface area contributed by atoms with Gasteiger partial charge >= 0.3 is 5.97 Å². The number of aromatic nitrogens is 1. The van der Waals surface area contributed by atoms with Crippen LogP contribution in [0, 0.1) is 18.3 Å². The van der Waals surface area contributed by atoms with Gasteiger partial charge in [-0.1, -0.05) is 23.7 Å². The van der Waals surface area contributed by atoms with Gasteiger partial charge < -0.3 is 9.47 Å². The lowest BCUT2D eigenvalue weighted by molar-refractivity contribution is -0.143. The molecule has 0 fully saturated rings. The normalized spacial score (nSPS) is 10.2. The highest BCUT2D eigenvalue weighted by Crippen LogP contribution is 2.29. The number of ether oxygens (including phenoxy) is 2. The van der Waals surface area contributed by atoms with Gasteiger partial charge in [-0.3, -0.25) is 4.79 Å². The maximum atomic E-state index is 11.3. The van der Waals surface area contributed by atoms with Crippen molar-refractivity contribution in [3.8, 4) is 17.6 Å². The van der Waals surface area contributed by atoms with E-state index in [0.29, 0.717) is 30.2 Å². The Hall–Kier alpha value is -2.58. The number of rotatable bonds is 7. The number of pyridine rings is 1. The smallest absolute Gasteiger partial charge is 0.305 e. The second-order valence-corrected chi connectivity index (χ2v) is 5.80. The highest BCUT2D eigenvalue weighted by molar-refractivity contribution is 6.30. The molecule has 2 aromatic rings. The predicted octanol–water partition coefficient (Wildman–Crippen LogP) is 4.59. The van der Waals surface area contributed by atoms with E-state index in [1.54, 1.807) is 19.9 Å². The first kappa shape index (κ1) is 18.8. The standard InChI is InChI=1S/C19H19ClN2O3/c1-3-24-18(23)6-4-5-14-7-9-15(10-8-14)25-17-11-13(2)22-19(20)16(17)12-21/h7-11H,3-6H2,1-2H3. The minimum absolute atomic E-state index is 0.132. The molecule has 0 N–H and O–H groups in total. The molecule has 0 unspecified atom stereocenters. The molecule has 0 saturated carbocycles. The number of aryl methyl sites for hydroxylation is 2. The summed E-state index contributed by atoms with van der Waals surface area (Å²) in [5.74, 6) is 0.818. The SMILES string of the molecule is CCOC(=O)CCCc1ccc(Oc2cc(C)nc(Cl)c2C#N)cc1. The van der Waals surface area contributed by atoms with E-state index in [2.05, 4.69) is 4.98 Å². The van der Waals surface area contributed by atoms with Crippen molar-refractivity contribution in [3.63, 3.8) is 0 Å². The molecule has 6 heteroatoms. The van der Waals surface area contributed by atoms with Gasteiger partial charge in [0.15, 0.2) is 5.15 Å². The van der Waals surface area contributed by atoms with Crippen molar-refractivity contribution in [2.24, 2.45) is 0 Å². The van der Waals surface area contributed by atoms with E-state index < -0.39 is 0 Å². The van der Waals surface area contributed by atoms with E-state index in [1.165, 1.54) is 0 Å². The maximum absolute atomic E-state index is 11.3. The number of esters is 1. The Morgan fingerprint density at radius 3 is 2.68 bits per heavy atom. The van der Waals surface area contributed by atoms with Gasteiger partial charge in [0.05, 0.1) is 6.61 Å². The molecule has 0 atom stereocenters. The molecular formula is C19H19ClN2O3. The summed E-state index contributed by atoms with van der Waals surface area (Å²) in [6, 6.07) is 11.2. The fraction of sp³-hybridized carbons (Fsp3) is 0.316. The van der Waals surface area contributed by atoms with E-state index in [1.807, 2.05) is 30.3 Å². The quantitative estimate of drug-likeness (QED) is 0.534. The molecule has 1 aromatic heterocycles. The lowest BCUT2D eigenvalue weighted by atomic mass is 10.1. The summed E-state index contributed by atoms with van der Waals surface area (Å²) in [6.07, 6.45) is 1.92. The van der Waals surface area contributed by atoms with Crippen molar-refractivity contribution in [2.75, 3.05) is 6.61 Å². The van der Waals surface area contributed by atoms with E-state index in [-0.39, 0.29) is 16.7 Å². The van der Waals surface area contributed by atoms with Crippen molar-refractivity contribution in [1.29, 1.82) is 5.26 Å². The Bertz CT molecular complexity index is 782. The third kappa shape index (κ3) is 5.47. The van der Waals surface area contributed by atoms with Gasteiger partial charge in [0.25, 0.3) is 0 Å². The lowest BCUT2D eigenvalue weighted by Gasteiger charge is -2.10. The molecule has 0 saturated heterocycles. The van der Waals surface area contributed by atoms with Crippen LogP contribution < -0.4 is 4.74 Å². The molecule has 2 rings (SSSR count). The van der Waals surface area contributed by atoms with Crippen LogP contribution in [0.2, 0.25) is 5.15 Å². The third-order valence-corrected chi connectivity index (χ3v) is 3.76. The monoisotopic (exact) mass is 358 g/mol. The molecule has 1 heterocycles. The minimum atomic E-state index is -0.170. The number of benzene rings is 1. The number of hydrogen-bond acceptors (Lipinski definition) is 5. The second-order valence-electron chi connectivity index (χ2n) is 5.44. The summed E-state index contributed by atoms with van der Waals surface area (Å²) in [7, 11) is 0. The average molecular weight is 359 g/mol. The predicted molar refractivity (Wildman–Crippen MR) is 94.8 cm³/mol. The zero-order chi connectivity index (χ0) is 18.2. The molecule has 0 aliphatic carbocycles. The first-order valence-corrected chi connectivity index (χ1v) is 8.41. The Morgan fingerprint density at radius 1 is 1.32 bits per heavy atom. The van der Waals surface area contributed by atoms with Crippen LogP contribution in [0.3, 0.4) is 0 Å². The molecule has 130 valence electrons. The van der Waals surface area contributed by atoms with Gasteiger partial charge in [-0.05, 0) is 44.4 Å². The van der Waals surface area contributed by atoms with Gasteiger partial charge in [0, 0.05) is 18.2 Å². The summed E-state index contributed by atoms with van der Waals surface area (Å²) in [4.78, 5) is 15.4. The number of hydrogen-bond donors (Lipinski definition) is 0. The van der Waals surface area contributed by atoms with Crippen molar-refractivity contribution >= 4 is 17.6 Å². The fourth-order valence-corrected chi connectivity index (χ4v) is 2.58. The topological polar surface area (TPSA) is 72.2 Å². The van der Waals surface area contributed by atoms with Crippen molar-refractivity contribution in [2.45, 2.75) is 33.1 Å². The van der Waals surface area contributed by atoms with E-state index >= 15 is 0 Å². The van der Waals surface area contributed by atoms with E-state index in [9.17, 15) is 10.1 Å². The van der Waals surface area contributed by atoms with E-state index in [4.69, 9.17) is 21.1 Å². The second kappa shape index (κ2) is 9.05.